The van der Waals surface area contributed by atoms with Gasteiger partial charge in [-0.1, -0.05) is 24.3 Å². The molecule has 0 aliphatic heterocycles. The average Bonchev–Trinajstić information content (AvgIpc) is 2.74. The summed E-state index contributed by atoms with van der Waals surface area (Å²) in [7, 11) is 3.51. The van der Waals surface area contributed by atoms with E-state index in [9.17, 15) is 0 Å². The maximum absolute atomic E-state index is 5.71. The number of benzene rings is 1. The van der Waals surface area contributed by atoms with Crippen molar-refractivity contribution in [3.63, 3.8) is 0 Å². The molecule has 1 atom stereocenters. The Morgan fingerprint density at radius 3 is 2.72 bits per heavy atom. The van der Waals surface area contributed by atoms with Crippen molar-refractivity contribution in [2.24, 2.45) is 12.9 Å². The van der Waals surface area contributed by atoms with E-state index in [1.54, 1.807) is 18.0 Å². The van der Waals surface area contributed by atoms with E-state index in [2.05, 4.69) is 23.5 Å². The summed E-state index contributed by atoms with van der Waals surface area (Å²) in [4.78, 5) is 0. The lowest BCUT2D eigenvalue weighted by Gasteiger charge is -2.19. The molecule has 0 fully saturated rings. The van der Waals surface area contributed by atoms with E-state index in [0.717, 1.165) is 17.0 Å². The van der Waals surface area contributed by atoms with E-state index in [4.69, 9.17) is 10.6 Å². The monoisotopic (exact) mass is 246 g/mol. The van der Waals surface area contributed by atoms with Gasteiger partial charge in [0, 0.05) is 7.05 Å². The number of methoxy groups -OCH3 is 1. The van der Waals surface area contributed by atoms with Crippen LogP contribution in [0.5, 0.6) is 5.75 Å². The second-order valence-corrected chi connectivity index (χ2v) is 4.18. The van der Waals surface area contributed by atoms with Crippen LogP contribution in [-0.4, -0.2) is 16.9 Å². The van der Waals surface area contributed by atoms with Gasteiger partial charge in [0.15, 0.2) is 5.75 Å². The van der Waals surface area contributed by atoms with Crippen LogP contribution in [-0.2, 0) is 7.05 Å². The number of aromatic nitrogens is 2. The molecule has 2 aromatic rings. The number of hydrogen-bond acceptors (Lipinski definition) is 4. The lowest BCUT2D eigenvalue weighted by molar-refractivity contribution is 0.401. The van der Waals surface area contributed by atoms with E-state index >= 15 is 0 Å². The Hall–Kier alpha value is -1.85. The summed E-state index contributed by atoms with van der Waals surface area (Å²) in [5, 5.41) is 4.21. The van der Waals surface area contributed by atoms with Crippen molar-refractivity contribution in [1.29, 1.82) is 0 Å². The third-order valence-corrected chi connectivity index (χ3v) is 3.11. The lowest BCUT2D eigenvalue weighted by Crippen LogP contribution is -2.31. The Labute approximate surface area is 107 Å². The van der Waals surface area contributed by atoms with Crippen LogP contribution in [0.15, 0.2) is 30.5 Å². The number of hydrogen-bond donors (Lipinski definition) is 2. The molecule has 1 aromatic carbocycles. The van der Waals surface area contributed by atoms with E-state index in [-0.39, 0.29) is 6.04 Å². The molecule has 0 spiro atoms. The van der Waals surface area contributed by atoms with Crippen molar-refractivity contribution in [1.82, 2.24) is 15.2 Å². The fraction of sp³-hybridized carbons (Fsp3) is 0.308. The summed E-state index contributed by atoms with van der Waals surface area (Å²) in [5.74, 6) is 6.44. The van der Waals surface area contributed by atoms with Gasteiger partial charge in [-0.05, 0) is 18.1 Å². The maximum atomic E-state index is 5.71. The quantitative estimate of drug-likeness (QED) is 0.630. The number of aryl methyl sites for hydroxylation is 2. The molecule has 1 unspecified atom stereocenters. The van der Waals surface area contributed by atoms with E-state index in [1.165, 1.54) is 5.56 Å². The molecule has 1 aromatic heterocycles. The van der Waals surface area contributed by atoms with Gasteiger partial charge in [0.2, 0.25) is 0 Å². The van der Waals surface area contributed by atoms with Crippen LogP contribution in [0, 0.1) is 6.92 Å². The van der Waals surface area contributed by atoms with Crippen LogP contribution in [0.2, 0.25) is 0 Å². The van der Waals surface area contributed by atoms with Crippen molar-refractivity contribution < 1.29 is 4.74 Å². The first kappa shape index (κ1) is 12.6. The zero-order valence-electron chi connectivity index (χ0n) is 10.8. The highest BCUT2D eigenvalue weighted by Gasteiger charge is 2.22. The summed E-state index contributed by atoms with van der Waals surface area (Å²) in [6.45, 7) is 2.06. The van der Waals surface area contributed by atoms with Gasteiger partial charge in [0.25, 0.3) is 0 Å². The first-order chi connectivity index (χ1) is 8.69. The van der Waals surface area contributed by atoms with Crippen LogP contribution in [0.3, 0.4) is 0 Å². The smallest absolute Gasteiger partial charge is 0.161 e. The summed E-state index contributed by atoms with van der Waals surface area (Å²) in [6, 6.07) is 7.96. The molecule has 0 aliphatic rings. The van der Waals surface area contributed by atoms with Gasteiger partial charge in [-0.2, -0.15) is 5.10 Å². The molecule has 1 heterocycles. The summed E-state index contributed by atoms with van der Waals surface area (Å²) in [5.41, 5.74) is 6.03. The van der Waals surface area contributed by atoms with Crippen molar-refractivity contribution in [3.05, 3.63) is 47.3 Å². The fourth-order valence-corrected chi connectivity index (χ4v) is 2.14. The third-order valence-electron chi connectivity index (χ3n) is 3.11. The first-order valence-electron chi connectivity index (χ1n) is 5.76. The molecule has 0 radical (unpaired) electrons. The van der Waals surface area contributed by atoms with Gasteiger partial charge in [-0.3, -0.25) is 10.5 Å². The number of nitrogens with one attached hydrogen (secondary N) is 1. The van der Waals surface area contributed by atoms with Crippen LogP contribution in [0.4, 0.5) is 0 Å². The molecular weight excluding hydrogens is 228 g/mol. The van der Waals surface area contributed by atoms with Crippen LogP contribution in [0.1, 0.15) is 22.9 Å². The molecule has 18 heavy (non-hydrogen) atoms. The lowest BCUT2D eigenvalue weighted by atomic mass is 9.99. The zero-order valence-corrected chi connectivity index (χ0v) is 10.8. The second-order valence-electron chi connectivity index (χ2n) is 4.18. The summed E-state index contributed by atoms with van der Waals surface area (Å²) < 4.78 is 7.11. The molecule has 5 nitrogen and oxygen atoms in total. The highest BCUT2D eigenvalue weighted by atomic mass is 16.5. The SMILES string of the molecule is COc1cnn(C)c1C(NN)c1ccccc1C. The van der Waals surface area contributed by atoms with Gasteiger partial charge in [0.05, 0.1) is 19.3 Å². The Morgan fingerprint density at radius 2 is 2.11 bits per heavy atom. The maximum Gasteiger partial charge on any atom is 0.161 e. The largest absolute Gasteiger partial charge is 0.493 e. The predicted octanol–water partition coefficient (Wildman–Crippen LogP) is 1.29. The van der Waals surface area contributed by atoms with Crippen LogP contribution in [0.25, 0.3) is 0 Å². The number of rotatable bonds is 4. The number of ether oxygens (including phenoxy) is 1. The molecule has 0 amide bonds. The van der Waals surface area contributed by atoms with E-state index in [1.807, 2.05) is 25.2 Å². The normalized spacial score (nSPS) is 12.4. The third kappa shape index (κ3) is 2.10. The molecule has 0 saturated heterocycles. The first-order valence-corrected chi connectivity index (χ1v) is 5.76. The molecular formula is C13H18N4O. The standard InChI is InChI=1S/C13H18N4O/c1-9-6-4-5-7-10(9)12(16-14)13-11(18-3)8-15-17(13)2/h4-8,12,16H,14H2,1-3H3. The van der Waals surface area contributed by atoms with Crippen molar-refractivity contribution in [3.8, 4) is 5.75 Å². The van der Waals surface area contributed by atoms with Gasteiger partial charge in [0.1, 0.15) is 5.69 Å². The molecule has 2 rings (SSSR count). The van der Waals surface area contributed by atoms with Crippen molar-refractivity contribution in [2.75, 3.05) is 7.11 Å². The Bertz CT molecular complexity index is 536. The minimum Gasteiger partial charge on any atom is -0.493 e. The van der Waals surface area contributed by atoms with Gasteiger partial charge < -0.3 is 4.74 Å². The number of hydrazine groups is 1. The molecule has 0 bridgehead atoms. The topological polar surface area (TPSA) is 65.1 Å². The fourth-order valence-electron chi connectivity index (χ4n) is 2.14. The number of nitrogens with two attached hydrogens (primary N) is 1. The molecule has 0 aliphatic carbocycles. The highest BCUT2D eigenvalue weighted by molar-refractivity contribution is 5.39. The number of nitrogens with zero attached hydrogens (tertiary/aromatic N) is 2. The minimum atomic E-state index is -0.145. The van der Waals surface area contributed by atoms with Gasteiger partial charge in [-0.15, -0.1) is 0 Å². The summed E-state index contributed by atoms with van der Waals surface area (Å²) in [6.07, 6.45) is 1.69. The average molecular weight is 246 g/mol. The molecule has 0 saturated carbocycles. The Kier molecular flexibility index (Phi) is 3.64. The van der Waals surface area contributed by atoms with E-state index < -0.39 is 0 Å². The second kappa shape index (κ2) is 5.20. The molecule has 3 N–H and O–H groups in total. The van der Waals surface area contributed by atoms with Crippen molar-refractivity contribution >= 4 is 0 Å². The molecule has 96 valence electrons. The Morgan fingerprint density at radius 1 is 1.39 bits per heavy atom. The molecule has 5 heteroatoms. The van der Waals surface area contributed by atoms with Crippen LogP contribution < -0.4 is 16.0 Å². The highest BCUT2D eigenvalue weighted by Crippen LogP contribution is 2.30. The zero-order chi connectivity index (χ0) is 13.1. The summed E-state index contributed by atoms with van der Waals surface area (Å²) >= 11 is 0. The Balaban J connectivity index is 2.52. The minimum absolute atomic E-state index is 0.145. The van der Waals surface area contributed by atoms with E-state index in [0.29, 0.717) is 0 Å². The van der Waals surface area contributed by atoms with Crippen molar-refractivity contribution in [2.45, 2.75) is 13.0 Å². The van der Waals surface area contributed by atoms with Gasteiger partial charge in [-0.25, -0.2) is 5.43 Å². The predicted molar refractivity (Wildman–Crippen MR) is 70.1 cm³/mol. The van der Waals surface area contributed by atoms with Crippen LogP contribution >= 0.6 is 0 Å². The van der Waals surface area contributed by atoms with Gasteiger partial charge >= 0.3 is 0 Å².